The van der Waals surface area contributed by atoms with E-state index in [2.05, 4.69) is 21.9 Å². The minimum atomic E-state index is -0.422. The third kappa shape index (κ3) is 7.29. The van der Waals surface area contributed by atoms with Crippen LogP contribution in [0.15, 0.2) is 54.6 Å². The Kier molecular flexibility index (Phi) is 8.51. The van der Waals surface area contributed by atoms with E-state index in [-0.39, 0.29) is 12.5 Å². The van der Waals surface area contributed by atoms with Crippen LogP contribution in [0.5, 0.6) is 5.75 Å². The van der Waals surface area contributed by atoms with Crippen molar-refractivity contribution in [3.8, 4) is 5.75 Å². The Morgan fingerprint density at radius 1 is 1.10 bits per heavy atom. The summed E-state index contributed by atoms with van der Waals surface area (Å²) in [5.41, 5.74) is 1.24. The minimum absolute atomic E-state index is 0.0206. The van der Waals surface area contributed by atoms with Crippen LogP contribution in [0.1, 0.15) is 5.56 Å². The molecular formula is C23H30ClN3O3. The molecule has 0 spiro atoms. The zero-order valence-corrected chi connectivity index (χ0v) is 18.2. The molecule has 1 aliphatic rings. The number of rotatable bonds is 9. The maximum absolute atomic E-state index is 12.4. The maximum Gasteiger partial charge on any atom is 0.260 e. The summed E-state index contributed by atoms with van der Waals surface area (Å²) in [5.74, 6) is 0.613. The number of nitrogens with zero attached hydrogens (tertiary/aromatic N) is 3. The summed E-state index contributed by atoms with van der Waals surface area (Å²) in [6, 6.07) is 17.2. The fourth-order valence-electron chi connectivity index (χ4n) is 3.62. The number of hydrogen-bond acceptors (Lipinski definition) is 5. The highest BCUT2D eigenvalue weighted by Gasteiger charge is 2.23. The van der Waals surface area contributed by atoms with Gasteiger partial charge in [-0.2, -0.15) is 0 Å². The first-order chi connectivity index (χ1) is 14.5. The van der Waals surface area contributed by atoms with Gasteiger partial charge < -0.3 is 14.7 Å². The highest BCUT2D eigenvalue weighted by molar-refractivity contribution is 6.30. The first kappa shape index (κ1) is 22.6. The van der Waals surface area contributed by atoms with E-state index >= 15 is 0 Å². The van der Waals surface area contributed by atoms with Crippen LogP contribution in [-0.4, -0.2) is 84.7 Å². The molecule has 6 nitrogen and oxygen atoms in total. The van der Waals surface area contributed by atoms with Gasteiger partial charge in [-0.25, -0.2) is 0 Å². The number of piperazine rings is 1. The van der Waals surface area contributed by atoms with Crippen molar-refractivity contribution in [3.05, 3.63) is 65.2 Å². The second-order valence-corrected chi connectivity index (χ2v) is 8.20. The van der Waals surface area contributed by atoms with Gasteiger partial charge >= 0.3 is 0 Å². The van der Waals surface area contributed by atoms with Crippen molar-refractivity contribution < 1.29 is 14.6 Å². The number of β-amino-alcohol motifs (C(OH)–C–C–N with tert-alkyl or cyclic N) is 1. The molecule has 30 heavy (non-hydrogen) atoms. The predicted molar refractivity (Wildman–Crippen MR) is 119 cm³/mol. The van der Waals surface area contributed by atoms with Gasteiger partial charge in [0, 0.05) is 50.8 Å². The standard InChI is InChI=1S/C23H30ClN3O3/c1-25(15-19-5-3-2-4-6-19)16-21(28)17-26-11-13-27(14-12-26)23(29)18-30-22-9-7-20(24)8-10-22/h2-10,21,28H,11-18H2,1H3. The Balaban J connectivity index is 1.34. The van der Waals surface area contributed by atoms with E-state index in [9.17, 15) is 9.90 Å². The number of hydrogen-bond donors (Lipinski definition) is 1. The average molecular weight is 432 g/mol. The molecule has 1 fully saturated rings. The van der Waals surface area contributed by atoms with E-state index < -0.39 is 6.10 Å². The van der Waals surface area contributed by atoms with Crippen molar-refractivity contribution >= 4 is 17.5 Å². The molecule has 1 heterocycles. The van der Waals surface area contributed by atoms with Gasteiger partial charge in [0.1, 0.15) is 5.75 Å². The van der Waals surface area contributed by atoms with Crippen LogP contribution in [0.3, 0.4) is 0 Å². The molecule has 2 aromatic carbocycles. The number of carbonyl (C=O) groups excluding carboxylic acids is 1. The van der Waals surface area contributed by atoms with Gasteiger partial charge in [0.05, 0.1) is 6.10 Å². The SMILES string of the molecule is CN(Cc1ccccc1)CC(O)CN1CCN(C(=O)COc2ccc(Cl)cc2)CC1. The molecule has 0 aromatic heterocycles. The van der Waals surface area contributed by atoms with Crippen molar-refractivity contribution in [1.82, 2.24) is 14.7 Å². The zero-order chi connectivity index (χ0) is 21.3. The van der Waals surface area contributed by atoms with Crippen molar-refractivity contribution in [2.24, 2.45) is 0 Å². The van der Waals surface area contributed by atoms with Crippen LogP contribution >= 0.6 is 11.6 Å². The summed E-state index contributed by atoms with van der Waals surface area (Å²) >= 11 is 5.85. The molecule has 2 aromatic rings. The molecule has 0 bridgehead atoms. The minimum Gasteiger partial charge on any atom is -0.484 e. The van der Waals surface area contributed by atoms with Gasteiger partial charge in [0.25, 0.3) is 5.91 Å². The summed E-state index contributed by atoms with van der Waals surface area (Å²) in [4.78, 5) is 18.6. The van der Waals surface area contributed by atoms with Gasteiger partial charge in [0.15, 0.2) is 6.61 Å². The molecule has 7 heteroatoms. The van der Waals surface area contributed by atoms with E-state index in [0.717, 1.165) is 19.6 Å². The fourth-order valence-corrected chi connectivity index (χ4v) is 3.75. The maximum atomic E-state index is 12.4. The summed E-state index contributed by atoms with van der Waals surface area (Å²) in [6.07, 6.45) is -0.422. The van der Waals surface area contributed by atoms with E-state index in [1.807, 2.05) is 30.1 Å². The predicted octanol–water partition coefficient (Wildman–Crippen LogP) is 2.36. The average Bonchev–Trinajstić information content (AvgIpc) is 2.74. The lowest BCUT2D eigenvalue weighted by Gasteiger charge is -2.36. The molecular weight excluding hydrogens is 402 g/mol. The molecule has 0 radical (unpaired) electrons. The Morgan fingerprint density at radius 2 is 1.77 bits per heavy atom. The van der Waals surface area contributed by atoms with Crippen molar-refractivity contribution in [2.75, 3.05) is 52.9 Å². The number of benzene rings is 2. The van der Waals surface area contributed by atoms with Crippen molar-refractivity contribution in [1.29, 1.82) is 0 Å². The third-order valence-corrected chi connectivity index (χ3v) is 5.44. The number of likely N-dealkylation sites (N-methyl/N-ethyl adjacent to an activating group) is 1. The summed E-state index contributed by atoms with van der Waals surface area (Å²) in [6.45, 7) is 4.87. The second kappa shape index (κ2) is 11.3. The highest BCUT2D eigenvalue weighted by Crippen LogP contribution is 2.15. The van der Waals surface area contributed by atoms with Gasteiger partial charge in [-0.15, -0.1) is 0 Å². The summed E-state index contributed by atoms with van der Waals surface area (Å²) in [7, 11) is 2.02. The normalized spacial score (nSPS) is 15.9. The molecule has 1 aliphatic heterocycles. The van der Waals surface area contributed by atoms with Gasteiger partial charge in [-0.1, -0.05) is 41.9 Å². The fraction of sp³-hybridized carbons (Fsp3) is 0.435. The second-order valence-electron chi connectivity index (χ2n) is 7.76. The highest BCUT2D eigenvalue weighted by atomic mass is 35.5. The quantitative estimate of drug-likeness (QED) is 0.660. The molecule has 3 rings (SSSR count). The lowest BCUT2D eigenvalue weighted by atomic mass is 10.2. The molecule has 0 aliphatic carbocycles. The Hall–Kier alpha value is -2.12. The Morgan fingerprint density at radius 3 is 2.43 bits per heavy atom. The van der Waals surface area contributed by atoms with Gasteiger partial charge in [-0.3, -0.25) is 14.6 Å². The molecule has 162 valence electrons. The zero-order valence-electron chi connectivity index (χ0n) is 17.4. The van der Waals surface area contributed by atoms with Crippen LogP contribution in [0.4, 0.5) is 0 Å². The number of halogens is 1. The Labute approximate surface area is 183 Å². The Bertz CT molecular complexity index is 780. The van der Waals surface area contributed by atoms with Crippen LogP contribution in [0.25, 0.3) is 0 Å². The van der Waals surface area contributed by atoms with Crippen LogP contribution in [0, 0.1) is 0 Å². The van der Waals surface area contributed by atoms with Crippen molar-refractivity contribution in [3.63, 3.8) is 0 Å². The molecule has 1 saturated heterocycles. The summed E-state index contributed by atoms with van der Waals surface area (Å²) in [5, 5.41) is 11.1. The monoisotopic (exact) mass is 431 g/mol. The molecule has 1 amide bonds. The molecule has 1 N–H and O–H groups in total. The first-order valence-electron chi connectivity index (χ1n) is 10.3. The number of aliphatic hydroxyl groups is 1. The largest absolute Gasteiger partial charge is 0.484 e. The summed E-state index contributed by atoms with van der Waals surface area (Å²) < 4.78 is 5.55. The molecule has 1 atom stereocenters. The van der Waals surface area contributed by atoms with E-state index in [4.69, 9.17) is 16.3 Å². The van der Waals surface area contributed by atoms with Crippen molar-refractivity contribution in [2.45, 2.75) is 12.6 Å². The van der Waals surface area contributed by atoms with Crippen LogP contribution in [-0.2, 0) is 11.3 Å². The third-order valence-electron chi connectivity index (χ3n) is 5.19. The smallest absolute Gasteiger partial charge is 0.260 e. The van der Waals surface area contributed by atoms with E-state index in [0.29, 0.717) is 37.0 Å². The number of carbonyl (C=O) groups is 1. The first-order valence-corrected chi connectivity index (χ1v) is 10.7. The number of ether oxygens (including phenoxy) is 1. The number of aliphatic hydroxyl groups excluding tert-OH is 1. The van der Waals surface area contributed by atoms with E-state index in [1.165, 1.54) is 5.56 Å². The molecule has 1 unspecified atom stereocenters. The van der Waals surface area contributed by atoms with E-state index in [1.54, 1.807) is 24.3 Å². The molecule has 0 saturated carbocycles. The van der Waals surface area contributed by atoms with Crippen LogP contribution < -0.4 is 4.74 Å². The van der Waals surface area contributed by atoms with Crippen LogP contribution in [0.2, 0.25) is 5.02 Å². The van der Waals surface area contributed by atoms with Gasteiger partial charge in [0.2, 0.25) is 0 Å². The lowest BCUT2D eigenvalue weighted by molar-refractivity contribution is -0.135. The number of amides is 1. The topological polar surface area (TPSA) is 56.2 Å². The lowest BCUT2D eigenvalue weighted by Crippen LogP contribution is -2.52. The van der Waals surface area contributed by atoms with Gasteiger partial charge in [-0.05, 0) is 36.9 Å².